The van der Waals surface area contributed by atoms with Crippen molar-refractivity contribution < 1.29 is 9.53 Å². The summed E-state index contributed by atoms with van der Waals surface area (Å²) < 4.78 is 4.89. The Morgan fingerprint density at radius 2 is 2.16 bits per heavy atom. The van der Waals surface area contributed by atoms with Gasteiger partial charge in [0.25, 0.3) is 0 Å². The summed E-state index contributed by atoms with van der Waals surface area (Å²) in [6.45, 7) is 5.73. The maximum atomic E-state index is 11.2. The van der Waals surface area contributed by atoms with Gasteiger partial charge >= 0.3 is 5.97 Å². The number of fused-ring (bicyclic) bond motifs is 1. The molecule has 0 aliphatic carbocycles. The third-order valence-electron chi connectivity index (χ3n) is 3.14. The average molecular weight is 260 g/mol. The SMILES string of the molecule is CCOC(=O)CCNCc1c(C)[nH]c2ccccc12. The van der Waals surface area contributed by atoms with Crippen molar-refractivity contribution >= 4 is 16.9 Å². The van der Waals surface area contributed by atoms with Crippen LogP contribution in [0.25, 0.3) is 10.9 Å². The van der Waals surface area contributed by atoms with Gasteiger partial charge in [0, 0.05) is 29.7 Å². The Morgan fingerprint density at radius 3 is 2.95 bits per heavy atom. The summed E-state index contributed by atoms with van der Waals surface area (Å²) in [5.74, 6) is -0.148. The van der Waals surface area contributed by atoms with E-state index in [4.69, 9.17) is 4.74 Å². The van der Waals surface area contributed by atoms with Crippen molar-refractivity contribution in [3.8, 4) is 0 Å². The summed E-state index contributed by atoms with van der Waals surface area (Å²) in [5.41, 5.74) is 3.59. The number of aromatic nitrogens is 1. The Morgan fingerprint density at radius 1 is 1.37 bits per heavy atom. The molecule has 0 saturated heterocycles. The number of para-hydroxylation sites is 1. The van der Waals surface area contributed by atoms with Gasteiger partial charge in [0.1, 0.15) is 0 Å². The molecule has 102 valence electrons. The predicted octanol–water partition coefficient (Wildman–Crippen LogP) is 2.52. The summed E-state index contributed by atoms with van der Waals surface area (Å²) in [6.07, 6.45) is 0.412. The van der Waals surface area contributed by atoms with Crippen molar-refractivity contribution in [3.63, 3.8) is 0 Å². The molecule has 4 nitrogen and oxygen atoms in total. The minimum absolute atomic E-state index is 0.148. The first kappa shape index (κ1) is 13.6. The second kappa shape index (κ2) is 6.38. The lowest BCUT2D eigenvalue weighted by atomic mass is 10.1. The molecule has 0 aliphatic heterocycles. The maximum absolute atomic E-state index is 11.2. The van der Waals surface area contributed by atoms with Gasteiger partial charge in [-0.2, -0.15) is 0 Å². The van der Waals surface area contributed by atoms with E-state index in [1.807, 2.05) is 19.1 Å². The first-order valence-electron chi connectivity index (χ1n) is 6.65. The van der Waals surface area contributed by atoms with E-state index in [2.05, 4.69) is 29.4 Å². The van der Waals surface area contributed by atoms with Gasteiger partial charge in [-0.25, -0.2) is 0 Å². The molecule has 2 aromatic rings. The van der Waals surface area contributed by atoms with E-state index in [0.29, 0.717) is 19.6 Å². The van der Waals surface area contributed by atoms with Crippen molar-refractivity contribution in [3.05, 3.63) is 35.5 Å². The molecule has 1 heterocycles. The molecule has 0 fully saturated rings. The summed E-state index contributed by atoms with van der Waals surface area (Å²) in [6, 6.07) is 8.25. The molecule has 0 aliphatic rings. The summed E-state index contributed by atoms with van der Waals surface area (Å²) >= 11 is 0. The molecule has 0 spiro atoms. The summed E-state index contributed by atoms with van der Waals surface area (Å²) in [5, 5.41) is 4.53. The molecule has 0 bridgehead atoms. The highest BCUT2D eigenvalue weighted by Crippen LogP contribution is 2.21. The van der Waals surface area contributed by atoms with E-state index in [0.717, 1.165) is 12.1 Å². The van der Waals surface area contributed by atoms with Gasteiger partial charge in [-0.15, -0.1) is 0 Å². The lowest BCUT2D eigenvalue weighted by Gasteiger charge is -2.05. The summed E-state index contributed by atoms with van der Waals surface area (Å²) in [7, 11) is 0. The summed E-state index contributed by atoms with van der Waals surface area (Å²) in [4.78, 5) is 14.6. The van der Waals surface area contributed by atoms with E-state index in [-0.39, 0.29) is 5.97 Å². The average Bonchev–Trinajstić information content (AvgIpc) is 2.71. The van der Waals surface area contributed by atoms with Crippen LogP contribution in [0.3, 0.4) is 0 Å². The van der Waals surface area contributed by atoms with Crippen LogP contribution in [0.4, 0.5) is 0 Å². The van der Waals surface area contributed by atoms with Crippen LogP contribution in [0.1, 0.15) is 24.6 Å². The van der Waals surface area contributed by atoms with Crippen molar-refractivity contribution in [2.75, 3.05) is 13.2 Å². The van der Waals surface area contributed by atoms with E-state index in [1.165, 1.54) is 16.6 Å². The number of ether oxygens (including phenoxy) is 1. The first-order valence-corrected chi connectivity index (χ1v) is 6.65. The van der Waals surface area contributed by atoms with E-state index in [1.54, 1.807) is 0 Å². The number of benzene rings is 1. The fourth-order valence-corrected chi connectivity index (χ4v) is 2.20. The Labute approximate surface area is 113 Å². The van der Waals surface area contributed by atoms with Gasteiger partial charge in [0.2, 0.25) is 0 Å². The van der Waals surface area contributed by atoms with Gasteiger partial charge in [-0.05, 0) is 25.5 Å². The van der Waals surface area contributed by atoms with E-state index < -0.39 is 0 Å². The lowest BCUT2D eigenvalue weighted by Crippen LogP contribution is -2.19. The Balaban J connectivity index is 1.91. The minimum Gasteiger partial charge on any atom is -0.466 e. The van der Waals surface area contributed by atoms with Crippen LogP contribution >= 0.6 is 0 Å². The molecular weight excluding hydrogens is 240 g/mol. The maximum Gasteiger partial charge on any atom is 0.307 e. The minimum atomic E-state index is -0.148. The van der Waals surface area contributed by atoms with Gasteiger partial charge in [0.05, 0.1) is 13.0 Å². The van der Waals surface area contributed by atoms with Crippen molar-refractivity contribution in [1.82, 2.24) is 10.3 Å². The number of hydrogen-bond donors (Lipinski definition) is 2. The van der Waals surface area contributed by atoms with Crippen LogP contribution in [0, 0.1) is 6.92 Å². The van der Waals surface area contributed by atoms with Crippen LogP contribution in [0.5, 0.6) is 0 Å². The second-order valence-corrected chi connectivity index (χ2v) is 4.51. The lowest BCUT2D eigenvalue weighted by molar-refractivity contribution is -0.142. The molecule has 0 radical (unpaired) electrons. The molecule has 1 aromatic heterocycles. The fourth-order valence-electron chi connectivity index (χ4n) is 2.20. The van der Waals surface area contributed by atoms with Gasteiger partial charge in [0.15, 0.2) is 0 Å². The smallest absolute Gasteiger partial charge is 0.307 e. The van der Waals surface area contributed by atoms with Crippen molar-refractivity contribution in [2.45, 2.75) is 26.8 Å². The normalized spacial score (nSPS) is 10.8. The Kier molecular flexibility index (Phi) is 4.58. The number of carbonyl (C=O) groups excluding carboxylic acids is 1. The number of nitrogens with one attached hydrogen (secondary N) is 2. The second-order valence-electron chi connectivity index (χ2n) is 4.51. The molecule has 0 atom stereocenters. The van der Waals surface area contributed by atoms with E-state index >= 15 is 0 Å². The van der Waals surface area contributed by atoms with Crippen molar-refractivity contribution in [1.29, 1.82) is 0 Å². The van der Waals surface area contributed by atoms with Crippen molar-refractivity contribution in [2.24, 2.45) is 0 Å². The number of aromatic amines is 1. The molecule has 4 heteroatoms. The van der Waals surface area contributed by atoms with Crippen LogP contribution in [0.15, 0.2) is 24.3 Å². The largest absolute Gasteiger partial charge is 0.466 e. The monoisotopic (exact) mass is 260 g/mol. The zero-order chi connectivity index (χ0) is 13.7. The number of carbonyl (C=O) groups is 1. The zero-order valence-corrected chi connectivity index (χ0v) is 11.5. The molecule has 0 saturated carbocycles. The molecule has 0 unspecified atom stereocenters. The number of H-pyrrole nitrogens is 1. The third-order valence-corrected chi connectivity index (χ3v) is 3.14. The van der Waals surface area contributed by atoms with Crippen LogP contribution in [0.2, 0.25) is 0 Å². The number of aryl methyl sites for hydroxylation is 1. The van der Waals surface area contributed by atoms with Crippen LogP contribution in [-0.4, -0.2) is 24.1 Å². The molecule has 2 N–H and O–H groups in total. The number of hydrogen-bond acceptors (Lipinski definition) is 3. The number of rotatable bonds is 6. The molecule has 1 aromatic carbocycles. The van der Waals surface area contributed by atoms with Gasteiger partial charge in [-0.3, -0.25) is 4.79 Å². The molecular formula is C15H20N2O2. The zero-order valence-electron chi connectivity index (χ0n) is 11.5. The Bertz CT molecular complexity index is 560. The van der Waals surface area contributed by atoms with Crippen LogP contribution in [-0.2, 0) is 16.1 Å². The topological polar surface area (TPSA) is 54.1 Å². The van der Waals surface area contributed by atoms with Gasteiger partial charge < -0.3 is 15.0 Å². The molecule has 0 amide bonds. The van der Waals surface area contributed by atoms with E-state index in [9.17, 15) is 4.79 Å². The standard InChI is InChI=1S/C15H20N2O2/c1-3-19-15(18)8-9-16-10-13-11(2)17-14-7-5-4-6-12(13)14/h4-7,16-17H,3,8-10H2,1-2H3. The van der Waals surface area contributed by atoms with Crippen LogP contribution < -0.4 is 5.32 Å². The van der Waals surface area contributed by atoms with Gasteiger partial charge in [-0.1, -0.05) is 18.2 Å². The number of esters is 1. The highest BCUT2D eigenvalue weighted by atomic mass is 16.5. The molecule has 19 heavy (non-hydrogen) atoms. The fraction of sp³-hybridized carbons (Fsp3) is 0.400. The highest BCUT2D eigenvalue weighted by Gasteiger charge is 2.07. The first-order chi connectivity index (χ1) is 9.22. The molecule has 2 rings (SSSR count). The Hall–Kier alpha value is -1.81. The predicted molar refractivity (Wildman–Crippen MR) is 76.0 cm³/mol. The quantitative estimate of drug-likeness (QED) is 0.620. The highest BCUT2D eigenvalue weighted by molar-refractivity contribution is 5.84. The third kappa shape index (κ3) is 3.35.